The number of nitrogens with one attached hydrogen (secondary N) is 1. The van der Waals surface area contributed by atoms with Crippen LogP contribution in [0.15, 0.2) is 24.3 Å². The number of methoxy groups -OCH3 is 1. The van der Waals surface area contributed by atoms with Crippen molar-refractivity contribution < 1.29 is 14.6 Å². The first-order valence-electron chi connectivity index (χ1n) is 7.44. The zero-order valence-electron chi connectivity index (χ0n) is 12.8. The molecule has 6 heteroatoms. The van der Waals surface area contributed by atoms with Gasteiger partial charge in [0.25, 0.3) is 0 Å². The van der Waals surface area contributed by atoms with E-state index >= 15 is 0 Å². The molecular formula is C16H25ClN2O3. The third-order valence-electron chi connectivity index (χ3n) is 4.16. The Kier molecular flexibility index (Phi) is 7.65. The minimum atomic E-state index is -0.711. The van der Waals surface area contributed by atoms with Crippen LogP contribution in [-0.2, 0) is 4.79 Å². The van der Waals surface area contributed by atoms with Gasteiger partial charge in [-0.05, 0) is 36.5 Å². The Labute approximate surface area is 137 Å². The van der Waals surface area contributed by atoms with Gasteiger partial charge in [-0.1, -0.05) is 18.6 Å². The van der Waals surface area contributed by atoms with Gasteiger partial charge < -0.3 is 20.9 Å². The Morgan fingerprint density at radius 2 is 2.09 bits per heavy atom. The third-order valence-corrected chi connectivity index (χ3v) is 4.16. The highest BCUT2D eigenvalue weighted by Crippen LogP contribution is 2.26. The van der Waals surface area contributed by atoms with Gasteiger partial charge in [0.1, 0.15) is 5.75 Å². The molecule has 124 valence electrons. The Balaban J connectivity index is 0.00000242. The van der Waals surface area contributed by atoms with Gasteiger partial charge in [-0.3, -0.25) is 4.79 Å². The van der Waals surface area contributed by atoms with Crippen LogP contribution in [0.3, 0.4) is 0 Å². The molecule has 0 radical (unpaired) electrons. The molecule has 22 heavy (non-hydrogen) atoms. The van der Waals surface area contributed by atoms with Gasteiger partial charge in [-0.15, -0.1) is 12.4 Å². The second kappa shape index (κ2) is 8.98. The maximum absolute atomic E-state index is 11.9. The number of aliphatic hydroxyl groups is 1. The van der Waals surface area contributed by atoms with E-state index < -0.39 is 6.10 Å². The summed E-state index contributed by atoms with van der Waals surface area (Å²) in [6.07, 6.45) is 2.88. The molecule has 0 aromatic heterocycles. The van der Waals surface area contributed by atoms with Gasteiger partial charge in [0.2, 0.25) is 5.91 Å². The lowest BCUT2D eigenvalue weighted by molar-refractivity contribution is -0.122. The number of nitrogens with two attached hydrogens (primary N) is 1. The SMILES string of the molecule is COc1ccc(C(O)CNC(=O)C[C@@H]2CCC[C@H]2N)cc1.Cl. The topological polar surface area (TPSA) is 84.6 Å². The number of carbonyl (C=O) groups excluding carboxylic acids is 1. The lowest BCUT2D eigenvalue weighted by Gasteiger charge is -2.16. The number of carbonyl (C=O) groups is 1. The Hall–Kier alpha value is -1.30. The number of benzene rings is 1. The molecule has 0 heterocycles. The highest BCUT2D eigenvalue weighted by molar-refractivity contribution is 5.85. The summed E-state index contributed by atoms with van der Waals surface area (Å²) in [6, 6.07) is 7.31. The Morgan fingerprint density at radius 3 is 2.64 bits per heavy atom. The number of rotatable bonds is 6. The average Bonchev–Trinajstić information content (AvgIpc) is 2.90. The van der Waals surface area contributed by atoms with Crippen molar-refractivity contribution in [1.29, 1.82) is 0 Å². The molecule has 1 aliphatic rings. The fourth-order valence-corrected chi connectivity index (χ4v) is 2.78. The smallest absolute Gasteiger partial charge is 0.220 e. The van der Waals surface area contributed by atoms with Gasteiger partial charge in [0.05, 0.1) is 13.2 Å². The number of halogens is 1. The normalized spacial score (nSPS) is 21.8. The van der Waals surface area contributed by atoms with Crippen molar-refractivity contribution in [3.63, 3.8) is 0 Å². The first-order valence-corrected chi connectivity index (χ1v) is 7.44. The quantitative estimate of drug-likeness (QED) is 0.743. The van der Waals surface area contributed by atoms with Gasteiger partial charge in [0.15, 0.2) is 0 Å². The predicted molar refractivity (Wildman–Crippen MR) is 88.1 cm³/mol. The minimum Gasteiger partial charge on any atom is -0.497 e. The molecule has 1 unspecified atom stereocenters. The summed E-state index contributed by atoms with van der Waals surface area (Å²) >= 11 is 0. The molecule has 0 bridgehead atoms. The van der Waals surface area contributed by atoms with Gasteiger partial charge in [0, 0.05) is 19.0 Å². The van der Waals surface area contributed by atoms with Gasteiger partial charge >= 0.3 is 0 Å². The zero-order chi connectivity index (χ0) is 15.2. The van der Waals surface area contributed by atoms with E-state index in [2.05, 4.69) is 5.32 Å². The Morgan fingerprint density at radius 1 is 1.41 bits per heavy atom. The first kappa shape index (κ1) is 18.7. The highest BCUT2D eigenvalue weighted by Gasteiger charge is 2.26. The fraction of sp³-hybridized carbons (Fsp3) is 0.562. The number of hydrogen-bond donors (Lipinski definition) is 3. The van der Waals surface area contributed by atoms with E-state index in [-0.39, 0.29) is 36.8 Å². The Bertz CT molecular complexity index is 467. The van der Waals surface area contributed by atoms with Crippen molar-refractivity contribution in [3.05, 3.63) is 29.8 Å². The molecular weight excluding hydrogens is 304 g/mol. The van der Waals surface area contributed by atoms with Crippen LogP contribution in [0.25, 0.3) is 0 Å². The van der Waals surface area contributed by atoms with Crippen LogP contribution in [0.4, 0.5) is 0 Å². The second-order valence-electron chi connectivity index (χ2n) is 5.65. The number of hydrogen-bond acceptors (Lipinski definition) is 4. The van der Waals surface area contributed by atoms with Crippen molar-refractivity contribution in [2.45, 2.75) is 37.8 Å². The summed E-state index contributed by atoms with van der Waals surface area (Å²) < 4.78 is 5.07. The fourth-order valence-electron chi connectivity index (χ4n) is 2.78. The molecule has 0 spiro atoms. The summed E-state index contributed by atoms with van der Waals surface area (Å²) in [5, 5.41) is 12.8. The van der Waals surface area contributed by atoms with Crippen LogP contribution in [-0.4, -0.2) is 30.7 Å². The average molecular weight is 329 g/mol. The van der Waals surface area contributed by atoms with E-state index in [4.69, 9.17) is 10.5 Å². The van der Waals surface area contributed by atoms with Crippen LogP contribution < -0.4 is 15.8 Å². The van der Waals surface area contributed by atoms with E-state index in [0.29, 0.717) is 6.42 Å². The molecule has 1 aromatic carbocycles. The van der Waals surface area contributed by atoms with Crippen molar-refractivity contribution in [3.8, 4) is 5.75 Å². The van der Waals surface area contributed by atoms with E-state index in [0.717, 1.165) is 30.6 Å². The summed E-state index contributed by atoms with van der Waals surface area (Å²) in [6.45, 7) is 0.215. The van der Waals surface area contributed by atoms with Crippen LogP contribution >= 0.6 is 12.4 Å². The van der Waals surface area contributed by atoms with Crippen molar-refractivity contribution in [2.75, 3.05) is 13.7 Å². The zero-order valence-corrected chi connectivity index (χ0v) is 13.6. The molecule has 2 rings (SSSR count). The molecule has 1 fully saturated rings. The lowest BCUT2D eigenvalue weighted by atomic mass is 10.00. The number of amides is 1. The van der Waals surface area contributed by atoms with Crippen molar-refractivity contribution >= 4 is 18.3 Å². The summed E-state index contributed by atoms with van der Waals surface area (Å²) in [5.41, 5.74) is 6.72. The van der Waals surface area contributed by atoms with Gasteiger partial charge in [-0.2, -0.15) is 0 Å². The molecule has 0 aliphatic heterocycles. The molecule has 1 aromatic rings. The number of ether oxygens (including phenoxy) is 1. The minimum absolute atomic E-state index is 0. The number of aliphatic hydroxyl groups excluding tert-OH is 1. The first-order chi connectivity index (χ1) is 10.1. The third kappa shape index (κ3) is 5.16. The monoisotopic (exact) mass is 328 g/mol. The maximum atomic E-state index is 11.9. The van der Waals surface area contributed by atoms with E-state index in [1.54, 1.807) is 31.4 Å². The van der Waals surface area contributed by atoms with Crippen LogP contribution in [0, 0.1) is 5.92 Å². The molecule has 1 amide bonds. The molecule has 3 atom stereocenters. The molecule has 0 saturated heterocycles. The van der Waals surface area contributed by atoms with Crippen LogP contribution in [0.5, 0.6) is 5.75 Å². The molecule has 4 N–H and O–H groups in total. The van der Waals surface area contributed by atoms with E-state index in [1.165, 1.54) is 0 Å². The largest absolute Gasteiger partial charge is 0.497 e. The molecule has 1 saturated carbocycles. The lowest BCUT2D eigenvalue weighted by Crippen LogP contribution is -2.33. The van der Waals surface area contributed by atoms with Crippen molar-refractivity contribution in [1.82, 2.24) is 5.32 Å². The molecule has 5 nitrogen and oxygen atoms in total. The summed E-state index contributed by atoms with van der Waals surface area (Å²) in [4.78, 5) is 11.9. The standard InChI is InChI=1S/C16H24N2O3.ClH/c1-21-13-7-5-11(6-8-13)15(19)10-18-16(20)9-12-3-2-4-14(12)17;/h5-8,12,14-15,19H,2-4,9-10,17H2,1H3,(H,18,20);1H/t12-,14+,15?;/m0./s1. The van der Waals surface area contributed by atoms with Crippen molar-refractivity contribution in [2.24, 2.45) is 11.7 Å². The summed E-state index contributed by atoms with van der Waals surface area (Å²) in [5.74, 6) is 0.984. The second-order valence-corrected chi connectivity index (χ2v) is 5.65. The molecule has 1 aliphatic carbocycles. The highest BCUT2D eigenvalue weighted by atomic mass is 35.5. The van der Waals surface area contributed by atoms with Crippen LogP contribution in [0.1, 0.15) is 37.4 Å². The predicted octanol–water partition coefficient (Wildman–Crippen LogP) is 1.78. The van der Waals surface area contributed by atoms with E-state index in [1.807, 2.05) is 0 Å². The van der Waals surface area contributed by atoms with Gasteiger partial charge in [-0.25, -0.2) is 0 Å². The maximum Gasteiger partial charge on any atom is 0.220 e. The summed E-state index contributed by atoms with van der Waals surface area (Å²) in [7, 11) is 1.60. The van der Waals surface area contributed by atoms with E-state index in [9.17, 15) is 9.90 Å². The van der Waals surface area contributed by atoms with Crippen LogP contribution in [0.2, 0.25) is 0 Å².